The number of aromatic nitrogens is 3. The molecule has 1 fully saturated rings. The monoisotopic (exact) mass is 263 g/mol. The predicted octanol–water partition coefficient (Wildman–Crippen LogP) is 2.04. The fraction of sp³-hybridized carbons (Fsp3) is 0.417. The molecule has 6 heteroatoms. The minimum Gasteiger partial charge on any atom is -0.477 e. The van der Waals surface area contributed by atoms with E-state index < -0.39 is 5.97 Å². The van der Waals surface area contributed by atoms with Gasteiger partial charge in [-0.25, -0.2) is 4.79 Å². The van der Waals surface area contributed by atoms with Crippen molar-refractivity contribution >= 4 is 23.4 Å². The van der Waals surface area contributed by atoms with Crippen molar-refractivity contribution in [3.05, 3.63) is 29.7 Å². The van der Waals surface area contributed by atoms with E-state index in [4.69, 9.17) is 0 Å². The number of pyridine rings is 1. The second-order valence-electron chi connectivity index (χ2n) is 4.38. The summed E-state index contributed by atoms with van der Waals surface area (Å²) >= 11 is 1.90. The minimum absolute atomic E-state index is 0.239. The molecule has 0 bridgehead atoms. The van der Waals surface area contributed by atoms with Crippen molar-refractivity contribution in [1.82, 2.24) is 14.6 Å². The molecule has 1 saturated heterocycles. The number of carboxylic acids is 1. The van der Waals surface area contributed by atoms with E-state index >= 15 is 0 Å². The van der Waals surface area contributed by atoms with Crippen LogP contribution in [0.2, 0.25) is 0 Å². The number of carbonyl (C=O) groups is 1. The third-order valence-corrected chi connectivity index (χ3v) is 4.41. The zero-order chi connectivity index (χ0) is 12.5. The molecule has 0 aliphatic carbocycles. The molecule has 0 amide bonds. The van der Waals surface area contributed by atoms with Gasteiger partial charge in [-0.05, 0) is 30.7 Å². The van der Waals surface area contributed by atoms with Crippen LogP contribution in [0.5, 0.6) is 0 Å². The average molecular weight is 263 g/mol. The lowest BCUT2D eigenvalue weighted by Crippen LogP contribution is -2.15. The smallest absolute Gasteiger partial charge is 0.352 e. The highest BCUT2D eigenvalue weighted by Gasteiger charge is 2.23. The largest absolute Gasteiger partial charge is 0.477 e. The molecule has 3 rings (SSSR count). The summed E-state index contributed by atoms with van der Waals surface area (Å²) in [6, 6.07) is 5.09. The number of hydrogen-bond donors (Lipinski definition) is 1. The van der Waals surface area contributed by atoms with E-state index in [9.17, 15) is 9.90 Å². The maximum atomic E-state index is 11.3. The van der Waals surface area contributed by atoms with Gasteiger partial charge in [0.1, 0.15) is 11.5 Å². The Morgan fingerprint density at radius 2 is 2.33 bits per heavy atom. The van der Waals surface area contributed by atoms with Crippen LogP contribution < -0.4 is 0 Å². The summed E-state index contributed by atoms with van der Waals surface area (Å²) in [5, 5.41) is 17.5. The molecular formula is C12H13N3O2S. The van der Waals surface area contributed by atoms with Crippen LogP contribution in [0.25, 0.3) is 5.65 Å². The molecule has 0 spiro atoms. The van der Waals surface area contributed by atoms with E-state index in [2.05, 4.69) is 10.2 Å². The van der Waals surface area contributed by atoms with Gasteiger partial charge in [-0.3, -0.25) is 4.40 Å². The molecule has 0 aromatic carbocycles. The van der Waals surface area contributed by atoms with E-state index in [0.717, 1.165) is 24.4 Å². The highest BCUT2D eigenvalue weighted by atomic mass is 32.2. The fourth-order valence-electron chi connectivity index (χ4n) is 2.34. The highest BCUT2D eigenvalue weighted by Crippen LogP contribution is 2.30. The number of carboxylic acid groups (broad SMARTS) is 1. The topological polar surface area (TPSA) is 67.5 Å². The number of aromatic carboxylic acids is 1. The molecule has 0 radical (unpaired) electrons. The first kappa shape index (κ1) is 11.5. The van der Waals surface area contributed by atoms with Crippen molar-refractivity contribution in [2.75, 3.05) is 11.5 Å². The maximum absolute atomic E-state index is 11.3. The number of nitrogens with zero attached hydrogens (tertiary/aromatic N) is 3. The Bertz CT molecular complexity index is 590. The minimum atomic E-state index is -0.940. The summed E-state index contributed by atoms with van der Waals surface area (Å²) in [5.41, 5.74) is 0.851. The van der Waals surface area contributed by atoms with Crippen LogP contribution in [0.3, 0.4) is 0 Å². The third-order valence-electron chi connectivity index (χ3n) is 3.20. The molecule has 2 aromatic heterocycles. The van der Waals surface area contributed by atoms with Gasteiger partial charge in [0.2, 0.25) is 0 Å². The van der Waals surface area contributed by atoms with Crippen molar-refractivity contribution in [3.8, 4) is 0 Å². The number of thioether (sulfide) groups is 1. The average Bonchev–Trinajstić information content (AvgIpc) is 2.83. The van der Waals surface area contributed by atoms with Crippen molar-refractivity contribution in [1.29, 1.82) is 0 Å². The molecule has 0 saturated carbocycles. The Kier molecular flexibility index (Phi) is 2.95. The first-order valence-corrected chi connectivity index (χ1v) is 7.08. The van der Waals surface area contributed by atoms with Crippen LogP contribution in [-0.2, 0) is 0 Å². The van der Waals surface area contributed by atoms with Gasteiger partial charge in [-0.2, -0.15) is 11.8 Å². The molecule has 1 aliphatic rings. The predicted molar refractivity (Wildman–Crippen MR) is 69.2 cm³/mol. The molecule has 5 nitrogen and oxygen atoms in total. The van der Waals surface area contributed by atoms with Gasteiger partial charge in [0.15, 0.2) is 5.65 Å². The molecule has 1 aliphatic heterocycles. The number of fused-ring (bicyclic) bond motifs is 1. The molecule has 1 unspecified atom stereocenters. The van der Waals surface area contributed by atoms with Crippen LogP contribution in [-0.4, -0.2) is 37.2 Å². The summed E-state index contributed by atoms with van der Waals surface area (Å²) < 4.78 is 1.68. The summed E-state index contributed by atoms with van der Waals surface area (Å²) in [6.45, 7) is 0. The lowest BCUT2D eigenvalue weighted by molar-refractivity contribution is 0.0688. The third kappa shape index (κ3) is 1.86. The van der Waals surface area contributed by atoms with Crippen molar-refractivity contribution in [2.45, 2.75) is 18.8 Å². The van der Waals surface area contributed by atoms with Gasteiger partial charge in [-0.1, -0.05) is 6.07 Å². The summed E-state index contributed by atoms with van der Waals surface area (Å²) in [5.74, 6) is 2.33. The summed E-state index contributed by atoms with van der Waals surface area (Å²) in [7, 11) is 0. The van der Waals surface area contributed by atoms with E-state index in [1.54, 1.807) is 22.6 Å². The molecule has 1 N–H and O–H groups in total. The lowest BCUT2D eigenvalue weighted by Gasteiger charge is -2.19. The quantitative estimate of drug-likeness (QED) is 0.898. The Balaban J connectivity index is 2.14. The van der Waals surface area contributed by atoms with Crippen molar-refractivity contribution in [2.24, 2.45) is 0 Å². The van der Waals surface area contributed by atoms with E-state index in [1.807, 2.05) is 11.8 Å². The van der Waals surface area contributed by atoms with Crippen LogP contribution in [0, 0.1) is 0 Å². The van der Waals surface area contributed by atoms with Crippen LogP contribution >= 0.6 is 11.8 Å². The first-order chi connectivity index (χ1) is 8.77. The second kappa shape index (κ2) is 4.61. The van der Waals surface area contributed by atoms with Crippen LogP contribution in [0.15, 0.2) is 18.2 Å². The Labute approximate surface area is 108 Å². The number of rotatable bonds is 2. The fourth-order valence-corrected chi connectivity index (χ4v) is 3.48. The molecular weight excluding hydrogens is 250 g/mol. The molecule has 94 valence electrons. The molecule has 1 atom stereocenters. The van der Waals surface area contributed by atoms with E-state index in [1.165, 1.54) is 5.75 Å². The van der Waals surface area contributed by atoms with Gasteiger partial charge >= 0.3 is 5.97 Å². The van der Waals surface area contributed by atoms with Gasteiger partial charge in [0.25, 0.3) is 0 Å². The highest BCUT2D eigenvalue weighted by molar-refractivity contribution is 7.99. The van der Waals surface area contributed by atoms with E-state index in [0.29, 0.717) is 11.6 Å². The Morgan fingerprint density at radius 3 is 3.06 bits per heavy atom. The molecule has 2 aromatic rings. The van der Waals surface area contributed by atoms with Crippen LogP contribution in [0.1, 0.15) is 35.1 Å². The first-order valence-electron chi connectivity index (χ1n) is 5.92. The zero-order valence-corrected chi connectivity index (χ0v) is 10.6. The molecule has 3 heterocycles. The van der Waals surface area contributed by atoms with Gasteiger partial charge < -0.3 is 5.11 Å². The van der Waals surface area contributed by atoms with Gasteiger partial charge in [0.05, 0.1) is 0 Å². The Morgan fingerprint density at radius 1 is 1.44 bits per heavy atom. The number of hydrogen-bond acceptors (Lipinski definition) is 4. The normalized spacial score (nSPS) is 20.1. The van der Waals surface area contributed by atoms with Crippen LogP contribution in [0.4, 0.5) is 0 Å². The molecule has 18 heavy (non-hydrogen) atoms. The Hall–Kier alpha value is -1.56. The van der Waals surface area contributed by atoms with E-state index in [-0.39, 0.29) is 5.69 Å². The standard InChI is InChI=1S/C12H13N3O2S/c16-12(17)9-4-1-5-10-13-14-11(15(9)10)8-3-2-6-18-7-8/h1,4-5,8H,2-3,6-7H2,(H,16,17). The van der Waals surface area contributed by atoms with Gasteiger partial charge in [0, 0.05) is 11.7 Å². The van der Waals surface area contributed by atoms with Crippen molar-refractivity contribution in [3.63, 3.8) is 0 Å². The zero-order valence-electron chi connectivity index (χ0n) is 9.74. The second-order valence-corrected chi connectivity index (χ2v) is 5.53. The van der Waals surface area contributed by atoms with Crippen molar-refractivity contribution < 1.29 is 9.90 Å². The van der Waals surface area contributed by atoms with Gasteiger partial charge in [-0.15, -0.1) is 10.2 Å². The summed E-state index contributed by atoms with van der Waals surface area (Å²) in [6.07, 6.45) is 2.21. The lowest BCUT2D eigenvalue weighted by atomic mass is 10.0. The SMILES string of the molecule is O=C(O)c1cccc2nnc(C3CCCSC3)n12. The maximum Gasteiger partial charge on any atom is 0.352 e. The summed E-state index contributed by atoms with van der Waals surface area (Å²) in [4.78, 5) is 11.3.